The van der Waals surface area contributed by atoms with E-state index in [1.807, 2.05) is 18.2 Å². The first-order valence-electron chi connectivity index (χ1n) is 10.8. The van der Waals surface area contributed by atoms with Gasteiger partial charge in [-0.3, -0.25) is 14.9 Å². The summed E-state index contributed by atoms with van der Waals surface area (Å²) >= 11 is 0. The standard InChI is InChI=1S/C24H22N6O3/c1-29-7-9-30(10-8-29)18-4-2-3-17-21(18)27-22(26-17)20-19(23(32)28-24(20)33)15-12-25-16-6-5-13(31)11-14(15)16/h2-6,11-12,25,31H,7-10H2,1H3,(H,26,27)(H,28,32,33). The first-order valence-corrected chi connectivity index (χ1v) is 10.8. The first-order chi connectivity index (χ1) is 16.0. The van der Waals surface area contributed by atoms with Crippen molar-refractivity contribution < 1.29 is 14.7 Å². The summed E-state index contributed by atoms with van der Waals surface area (Å²) in [5.74, 6) is -0.557. The van der Waals surface area contributed by atoms with Crippen LogP contribution in [0.4, 0.5) is 5.69 Å². The topological polar surface area (TPSA) is 117 Å². The Morgan fingerprint density at radius 2 is 1.76 bits per heavy atom. The monoisotopic (exact) mass is 442 g/mol. The fourth-order valence-electron chi connectivity index (χ4n) is 4.69. The third-order valence-corrected chi connectivity index (χ3v) is 6.44. The van der Waals surface area contributed by atoms with Gasteiger partial charge in [0.1, 0.15) is 17.1 Å². The lowest BCUT2D eigenvalue weighted by molar-refractivity contribution is -0.122. The quantitative estimate of drug-likeness (QED) is 0.361. The summed E-state index contributed by atoms with van der Waals surface area (Å²) in [5.41, 5.74) is 4.31. The van der Waals surface area contributed by atoms with E-state index in [-0.39, 0.29) is 16.9 Å². The number of para-hydroxylation sites is 1. The number of H-pyrrole nitrogens is 2. The molecule has 1 fully saturated rings. The van der Waals surface area contributed by atoms with Crippen LogP contribution in [-0.2, 0) is 9.59 Å². The molecule has 2 aliphatic heterocycles. The molecule has 2 amide bonds. The Balaban J connectivity index is 1.52. The molecule has 1 saturated heterocycles. The van der Waals surface area contributed by atoms with E-state index < -0.39 is 11.8 Å². The maximum absolute atomic E-state index is 12.9. The summed E-state index contributed by atoms with van der Waals surface area (Å²) in [4.78, 5) is 41.4. The Morgan fingerprint density at radius 1 is 0.970 bits per heavy atom. The summed E-state index contributed by atoms with van der Waals surface area (Å²) in [6.07, 6.45) is 1.68. The van der Waals surface area contributed by atoms with Gasteiger partial charge in [-0.05, 0) is 37.4 Å². The van der Waals surface area contributed by atoms with Crippen molar-refractivity contribution in [1.82, 2.24) is 25.2 Å². The predicted octanol–water partition coefficient (Wildman–Crippen LogP) is 2.07. The maximum atomic E-state index is 12.9. The van der Waals surface area contributed by atoms with Crippen LogP contribution < -0.4 is 10.2 Å². The van der Waals surface area contributed by atoms with Gasteiger partial charge in [0.25, 0.3) is 11.8 Å². The van der Waals surface area contributed by atoms with E-state index in [4.69, 9.17) is 4.98 Å². The van der Waals surface area contributed by atoms with Gasteiger partial charge in [0.15, 0.2) is 0 Å². The molecule has 4 heterocycles. The van der Waals surface area contributed by atoms with Crippen LogP contribution in [0.3, 0.4) is 0 Å². The van der Waals surface area contributed by atoms with E-state index in [1.54, 1.807) is 24.4 Å². The number of carbonyl (C=O) groups excluding carboxylic acids is 2. The fraction of sp³-hybridized carbons (Fsp3) is 0.208. The lowest BCUT2D eigenvalue weighted by Crippen LogP contribution is -2.44. The molecule has 33 heavy (non-hydrogen) atoms. The fourth-order valence-corrected chi connectivity index (χ4v) is 4.69. The number of likely N-dealkylation sites (N-methyl/N-ethyl adjacent to an activating group) is 1. The molecular weight excluding hydrogens is 420 g/mol. The molecule has 0 saturated carbocycles. The van der Waals surface area contributed by atoms with Gasteiger partial charge >= 0.3 is 0 Å². The highest BCUT2D eigenvalue weighted by atomic mass is 16.3. The van der Waals surface area contributed by atoms with Gasteiger partial charge in [-0.2, -0.15) is 0 Å². The lowest BCUT2D eigenvalue weighted by atomic mass is 10.0. The minimum atomic E-state index is -0.496. The molecule has 0 bridgehead atoms. The summed E-state index contributed by atoms with van der Waals surface area (Å²) in [5, 5.41) is 13.0. The van der Waals surface area contributed by atoms with E-state index in [1.165, 1.54) is 0 Å². The van der Waals surface area contributed by atoms with Crippen LogP contribution in [-0.4, -0.2) is 70.0 Å². The number of aromatic nitrogens is 3. The summed E-state index contributed by atoms with van der Waals surface area (Å²) in [6.45, 7) is 3.72. The van der Waals surface area contributed by atoms with Gasteiger partial charge in [-0.1, -0.05) is 6.07 Å². The highest BCUT2D eigenvalue weighted by molar-refractivity contribution is 6.49. The zero-order valence-corrected chi connectivity index (χ0v) is 18.0. The number of benzene rings is 2. The van der Waals surface area contributed by atoms with Crippen molar-refractivity contribution in [3.8, 4) is 5.75 Å². The van der Waals surface area contributed by atoms with E-state index in [0.29, 0.717) is 16.8 Å². The molecule has 2 aromatic carbocycles. The second kappa shape index (κ2) is 7.21. The molecule has 4 N–H and O–H groups in total. The Bertz CT molecular complexity index is 1470. The van der Waals surface area contributed by atoms with Crippen molar-refractivity contribution in [3.63, 3.8) is 0 Å². The van der Waals surface area contributed by atoms with Crippen LogP contribution in [0.25, 0.3) is 33.1 Å². The normalized spacial score (nSPS) is 17.5. The Morgan fingerprint density at radius 3 is 2.58 bits per heavy atom. The van der Waals surface area contributed by atoms with Crippen LogP contribution in [0, 0.1) is 0 Å². The molecule has 6 rings (SSSR count). The maximum Gasteiger partial charge on any atom is 0.262 e. The van der Waals surface area contributed by atoms with Gasteiger partial charge in [0, 0.05) is 48.8 Å². The Kier molecular flexibility index (Phi) is 4.27. The van der Waals surface area contributed by atoms with E-state index in [2.05, 4.69) is 32.1 Å². The van der Waals surface area contributed by atoms with Crippen molar-refractivity contribution in [1.29, 1.82) is 0 Å². The molecule has 0 unspecified atom stereocenters. The molecular formula is C24H22N6O3. The second-order valence-corrected chi connectivity index (χ2v) is 8.51. The number of nitrogens with zero attached hydrogens (tertiary/aromatic N) is 3. The van der Waals surface area contributed by atoms with E-state index >= 15 is 0 Å². The van der Waals surface area contributed by atoms with Gasteiger partial charge < -0.3 is 24.9 Å². The summed E-state index contributed by atoms with van der Waals surface area (Å²) in [7, 11) is 2.11. The minimum Gasteiger partial charge on any atom is -0.508 e. The number of hydrogen-bond donors (Lipinski definition) is 4. The van der Waals surface area contributed by atoms with Crippen molar-refractivity contribution in [2.24, 2.45) is 0 Å². The third-order valence-electron chi connectivity index (χ3n) is 6.44. The Labute approximate surface area is 188 Å². The molecule has 9 heteroatoms. The number of imide groups is 1. The number of phenolic OH excluding ortho intramolecular Hbond substituents is 1. The molecule has 2 aromatic heterocycles. The number of aromatic hydroxyl groups is 1. The summed E-state index contributed by atoms with van der Waals surface area (Å²) in [6, 6.07) is 10.8. The zero-order valence-electron chi connectivity index (χ0n) is 18.0. The number of aromatic amines is 2. The second-order valence-electron chi connectivity index (χ2n) is 8.51. The highest BCUT2D eigenvalue weighted by Crippen LogP contribution is 2.36. The zero-order chi connectivity index (χ0) is 22.7. The van der Waals surface area contributed by atoms with E-state index in [9.17, 15) is 14.7 Å². The number of fused-ring (bicyclic) bond motifs is 2. The van der Waals surface area contributed by atoms with Crippen LogP contribution in [0.2, 0.25) is 0 Å². The number of piperazine rings is 1. The highest BCUT2D eigenvalue weighted by Gasteiger charge is 2.35. The molecule has 0 spiro atoms. The molecule has 0 radical (unpaired) electrons. The number of phenols is 1. The largest absolute Gasteiger partial charge is 0.508 e. The van der Waals surface area contributed by atoms with E-state index in [0.717, 1.165) is 48.4 Å². The predicted molar refractivity (Wildman–Crippen MR) is 126 cm³/mol. The molecule has 9 nitrogen and oxygen atoms in total. The van der Waals surface area contributed by atoms with Crippen LogP contribution in [0.5, 0.6) is 5.75 Å². The Hall–Kier alpha value is -4.11. The number of imidazole rings is 1. The molecule has 4 aromatic rings. The summed E-state index contributed by atoms with van der Waals surface area (Å²) < 4.78 is 0. The van der Waals surface area contributed by atoms with Crippen LogP contribution in [0.15, 0.2) is 42.6 Å². The van der Waals surface area contributed by atoms with Crippen LogP contribution >= 0.6 is 0 Å². The van der Waals surface area contributed by atoms with Gasteiger partial charge in [-0.25, -0.2) is 4.98 Å². The lowest BCUT2D eigenvalue weighted by Gasteiger charge is -2.34. The number of hydrogen-bond acceptors (Lipinski definition) is 6. The average Bonchev–Trinajstić information content (AvgIpc) is 3.48. The van der Waals surface area contributed by atoms with Gasteiger partial charge in [0.2, 0.25) is 0 Å². The van der Waals surface area contributed by atoms with Crippen molar-refractivity contribution in [2.75, 3.05) is 38.1 Å². The molecule has 0 atom stereocenters. The van der Waals surface area contributed by atoms with Crippen molar-refractivity contribution in [2.45, 2.75) is 0 Å². The average molecular weight is 442 g/mol. The molecule has 166 valence electrons. The van der Waals surface area contributed by atoms with Gasteiger partial charge in [-0.15, -0.1) is 0 Å². The van der Waals surface area contributed by atoms with Gasteiger partial charge in [0.05, 0.1) is 22.4 Å². The number of rotatable bonds is 3. The third kappa shape index (κ3) is 3.08. The number of nitrogens with one attached hydrogen (secondary N) is 3. The number of anilines is 1. The van der Waals surface area contributed by atoms with Crippen molar-refractivity contribution in [3.05, 3.63) is 54.0 Å². The minimum absolute atomic E-state index is 0.0794. The number of carbonyl (C=O) groups is 2. The van der Waals surface area contributed by atoms with Crippen LogP contribution in [0.1, 0.15) is 11.4 Å². The SMILES string of the molecule is CN1CCN(c2cccc3[nH]c(C4=C(c5c[nH]c6ccc(O)cc56)C(=O)NC4=O)nc23)CC1. The first kappa shape index (κ1) is 19.6. The molecule has 0 aliphatic carbocycles. The smallest absolute Gasteiger partial charge is 0.262 e. The van der Waals surface area contributed by atoms with Crippen molar-refractivity contribution >= 4 is 50.6 Å². The molecule has 2 aliphatic rings. The number of amides is 2.